The summed E-state index contributed by atoms with van der Waals surface area (Å²) in [6.07, 6.45) is 2.27. The van der Waals surface area contributed by atoms with Gasteiger partial charge in [0.05, 0.1) is 5.57 Å². The molecule has 1 aliphatic rings. The third-order valence-electron chi connectivity index (χ3n) is 3.34. The van der Waals surface area contributed by atoms with Crippen LogP contribution in [0.3, 0.4) is 0 Å². The minimum Gasteiger partial charge on any atom is -0.386 e. The Morgan fingerprint density at radius 1 is 1.15 bits per heavy atom. The number of carbonyl (C=O) groups excluding carboxylic acids is 2. The number of nitrogens with one attached hydrogen (secondary N) is 1. The van der Waals surface area contributed by atoms with Crippen molar-refractivity contribution in [2.24, 2.45) is 5.41 Å². The summed E-state index contributed by atoms with van der Waals surface area (Å²) in [5.41, 5.74) is 0.883. The molecule has 0 aromatic heterocycles. The van der Waals surface area contributed by atoms with E-state index in [1.165, 1.54) is 18.3 Å². The molecular formula is C16H18FNO2. The topological polar surface area (TPSA) is 46.2 Å². The van der Waals surface area contributed by atoms with Crippen molar-refractivity contribution in [1.82, 2.24) is 5.32 Å². The van der Waals surface area contributed by atoms with Crippen LogP contribution in [-0.2, 0) is 16.1 Å². The summed E-state index contributed by atoms with van der Waals surface area (Å²) in [7, 11) is 0. The fraction of sp³-hybridized carbons (Fsp3) is 0.375. The van der Waals surface area contributed by atoms with Gasteiger partial charge in [-0.2, -0.15) is 0 Å². The van der Waals surface area contributed by atoms with Gasteiger partial charge in [-0.1, -0.05) is 26.0 Å². The summed E-state index contributed by atoms with van der Waals surface area (Å²) in [5, 5.41) is 2.95. The maximum absolute atomic E-state index is 12.8. The molecule has 0 spiro atoms. The molecule has 2 rings (SSSR count). The van der Waals surface area contributed by atoms with Crippen LogP contribution in [0.2, 0.25) is 0 Å². The van der Waals surface area contributed by atoms with Crippen molar-refractivity contribution < 1.29 is 14.0 Å². The summed E-state index contributed by atoms with van der Waals surface area (Å²) >= 11 is 0. The van der Waals surface area contributed by atoms with Gasteiger partial charge in [-0.05, 0) is 23.1 Å². The van der Waals surface area contributed by atoms with Crippen LogP contribution >= 0.6 is 0 Å². The van der Waals surface area contributed by atoms with E-state index in [0.29, 0.717) is 19.4 Å². The van der Waals surface area contributed by atoms with Gasteiger partial charge >= 0.3 is 0 Å². The van der Waals surface area contributed by atoms with Crippen LogP contribution in [0.4, 0.5) is 4.39 Å². The number of Topliss-reactive ketones (excluding diaryl/α,β-unsaturated/α-hetero) is 2. The normalized spacial score (nSPS) is 18.1. The first-order chi connectivity index (χ1) is 9.37. The molecule has 0 radical (unpaired) electrons. The Hall–Kier alpha value is -1.97. The Bertz CT molecular complexity index is 536. The van der Waals surface area contributed by atoms with Gasteiger partial charge in [-0.3, -0.25) is 9.59 Å². The number of hydrogen-bond donors (Lipinski definition) is 1. The second-order valence-corrected chi connectivity index (χ2v) is 5.93. The predicted octanol–water partition coefficient (Wildman–Crippen LogP) is 2.76. The van der Waals surface area contributed by atoms with Gasteiger partial charge in [0.2, 0.25) is 0 Å². The van der Waals surface area contributed by atoms with E-state index in [9.17, 15) is 14.0 Å². The molecule has 1 fully saturated rings. The van der Waals surface area contributed by atoms with Gasteiger partial charge in [0.1, 0.15) is 5.82 Å². The van der Waals surface area contributed by atoms with E-state index in [4.69, 9.17) is 0 Å². The largest absolute Gasteiger partial charge is 0.386 e. The molecule has 0 amide bonds. The average Bonchev–Trinajstić information content (AvgIpc) is 2.33. The lowest BCUT2D eigenvalue weighted by atomic mass is 9.74. The van der Waals surface area contributed by atoms with E-state index in [-0.39, 0.29) is 28.4 Å². The Balaban J connectivity index is 1.99. The van der Waals surface area contributed by atoms with Gasteiger partial charge in [0, 0.05) is 25.6 Å². The predicted molar refractivity (Wildman–Crippen MR) is 74.4 cm³/mol. The quantitative estimate of drug-likeness (QED) is 0.681. The molecule has 0 heterocycles. The minimum atomic E-state index is -0.285. The summed E-state index contributed by atoms with van der Waals surface area (Å²) in [6.45, 7) is 4.30. The second-order valence-electron chi connectivity index (χ2n) is 5.93. The number of allylic oxidation sites excluding steroid dienone is 1. The third-order valence-corrected chi connectivity index (χ3v) is 3.34. The minimum absolute atomic E-state index is 0.113. The molecule has 20 heavy (non-hydrogen) atoms. The number of rotatable bonds is 3. The molecule has 0 saturated heterocycles. The first-order valence-electron chi connectivity index (χ1n) is 6.62. The van der Waals surface area contributed by atoms with E-state index in [2.05, 4.69) is 5.32 Å². The maximum Gasteiger partial charge on any atom is 0.168 e. The standard InChI is InChI=1S/C16H18FNO2/c1-16(2)7-14(19)13(15(20)8-16)10-18-9-11-3-5-12(17)6-4-11/h3-6,10,18H,7-9H2,1-2H3. The zero-order chi connectivity index (χ0) is 14.8. The average molecular weight is 275 g/mol. The maximum atomic E-state index is 12.8. The molecule has 0 unspecified atom stereocenters. The molecule has 1 saturated carbocycles. The van der Waals surface area contributed by atoms with Gasteiger partial charge in [-0.15, -0.1) is 0 Å². The highest BCUT2D eigenvalue weighted by molar-refractivity contribution is 6.22. The molecule has 1 aromatic carbocycles. The van der Waals surface area contributed by atoms with Crippen LogP contribution in [0.5, 0.6) is 0 Å². The van der Waals surface area contributed by atoms with E-state index >= 15 is 0 Å². The molecular weight excluding hydrogens is 257 g/mol. The summed E-state index contributed by atoms with van der Waals surface area (Å²) in [5.74, 6) is -0.511. The highest BCUT2D eigenvalue weighted by Crippen LogP contribution is 2.33. The SMILES string of the molecule is CC1(C)CC(=O)C(=CNCc2ccc(F)cc2)C(=O)C1. The molecule has 1 aliphatic carbocycles. The fourth-order valence-corrected chi connectivity index (χ4v) is 2.31. The Kier molecular flexibility index (Phi) is 4.02. The Morgan fingerprint density at radius 2 is 1.70 bits per heavy atom. The van der Waals surface area contributed by atoms with Crippen LogP contribution in [0.1, 0.15) is 32.3 Å². The van der Waals surface area contributed by atoms with Gasteiger partial charge in [0.15, 0.2) is 11.6 Å². The number of carbonyl (C=O) groups is 2. The molecule has 1 aromatic rings. The van der Waals surface area contributed by atoms with Gasteiger partial charge in [0.25, 0.3) is 0 Å². The van der Waals surface area contributed by atoms with Crippen LogP contribution in [0, 0.1) is 11.2 Å². The van der Waals surface area contributed by atoms with Gasteiger partial charge in [-0.25, -0.2) is 4.39 Å². The lowest BCUT2D eigenvalue weighted by Gasteiger charge is -2.28. The highest BCUT2D eigenvalue weighted by atomic mass is 19.1. The summed E-state index contributed by atoms with van der Waals surface area (Å²) in [6, 6.07) is 6.08. The van der Waals surface area contributed by atoms with Crippen molar-refractivity contribution in [1.29, 1.82) is 0 Å². The van der Waals surface area contributed by atoms with Crippen molar-refractivity contribution in [3.05, 3.63) is 47.4 Å². The number of benzene rings is 1. The second kappa shape index (κ2) is 5.57. The molecule has 0 atom stereocenters. The van der Waals surface area contributed by atoms with E-state index in [1.54, 1.807) is 12.1 Å². The van der Waals surface area contributed by atoms with Crippen LogP contribution in [-0.4, -0.2) is 11.6 Å². The van der Waals surface area contributed by atoms with Gasteiger partial charge < -0.3 is 5.32 Å². The van der Waals surface area contributed by atoms with E-state index in [1.807, 2.05) is 13.8 Å². The zero-order valence-corrected chi connectivity index (χ0v) is 11.7. The smallest absolute Gasteiger partial charge is 0.168 e. The van der Waals surface area contributed by atoms with Crippen LogP contribution in [0.25, 0.3) is 0 Å². The van der Waals surface area contributed by atoms with Crippen molar-refractivity contribution in [3.63, 3.8) is 0 Å². The Morgan fingerprint density at radius 3 is 2.25 bits per heavy atom. The molecule has 106 valence electrons. The van der Waals surface area contributed by atoms with Crippen LogP contribution in [0.15, 0.2) is 36.0 Å². The highest BCUT2D eigenvalue weighted by Gasteiger charge is 2.35. The van der Waals surface area contributed by atoms with E-state index in [0.717, 1.165) is 5.56 Å². The van der Waals surface area contributed by atoms with Crippen molar-refractivity contribution in [2.75, 3.05) is 0 Å². The summed E-state index contributed by atoms with van der Waals surface area (Å²) in [4.78, 5) is 23.9. The molecule has 1 N–H and O–H groups in total. The lowest BCUT2D eigenvalue weighted by Crippen LogP contribution is -2.32. The zero-order valence-electron chi connectivity index (χ0n) is 11.7. The lowest BCUT2D eigenvalue weighted by molar-refractivity contribution is -0.127. The third kappa shape index (κ3) is 3.53. The number of hydrogen-bond acceptors (Lipinski definition) is 3. The van der Waals surface area contributed by atoms with E-state index < -0.39 is 0 Å². The first-order valence-corrected chi connectivity index (χ1v) is 6.62. The summed E-state index contributed by atoms with van der Waals surface area (Å²) < 4.78 is 12.8. The van der Waals surface area contributed by atoms with Crippen molar-refractivity contribution in [3.8, 4) is 0 Å². The molecule has 3 nitrogen and oxygen atoms in total. The van der Waals surface area contributed by atoms with Crippen molar-refractivity contribution >= 4 is 11.6 Å². The molecule has 4 heteroatoms. The molecule has 0 bridgehead atoms. The van der Waals surface area contributed by atoms with Crippen molar-refractivity contribution in [2.45, 2.75) is 33.2 Å². The number of halogens is 1. The molecule has 0 aliphatic heterocycles. The van der Waals surface area contributed by atoms with Crippen LogP contribution < -0.4 is 5.32 Å². The first kappa shape index (κ1) is 14.4. The fourth-order valence-electron chi connectivity index (χ4n) is 2.31. The number of ketones is 2. The monoisotopic (exact) mass is 275 g/mol. The Labute approximate surface area is 117 Å².